The van der Waals surface area contributed by atoms with Gasteiger partial charge in [-0.2, -0.15) is 0 Å². The van der Waals surface area contributed by atoms with E-state index >= 15 is 0 Å². The second kappa shape index (κ2) is 8.40. The highest BCUT2D eigenvalue weighted by Gasteiger charge is 2.17. The van der Waals surface area contributed by atoms with E-state index in [-0.39, 0.29) is 6.10 Å². The molecule has 1 fully saturated rings. The first-order valence-electron chi connectivity index (χ1n) is 9.39. The number of nitrogens with one attached hydrogen (secondary N) is 1. The quantitative estimate of drug-likeness (QED) is 0.461. The van der Waals surface area contributed by atoms with Crippen molar-refractivity contribution in [3.63, 3.8) is 0 Å². The highest BCUT2D eigenvalue weighted by molar-refractivity contribution is 8.01. The molecule has 9 heteroatoms. The largest absolute Gasteiger partial charge is 0.376 e. The van der Waals surface area contributed by atoms with Crippen LogP contribution in [0.2, 0.25) is 0 Å². The molecule has 4 heterocycles. The summed E-state index contributed by atoms with van der Waals surface area (Å²) in [5, 5.41) is 14.6. The smallest absolute Gasteiger partial charge is 0.206 e. The van der Waals surface area contributed by atoms with E-state index in [4.69, 9.17) is 14.7 Å². The van der Waals surface area contributed by atoms with Crippen molar-refractivity contribution in [2.45, 2.75) is 28.3 Å². The molecule has 0 saturated carbocycles. The fraction of sp³-hybridized carbons (Fsp3) is 0.250. The van der Waals surface area contributed by atoms with E-state index in [0.717, 1.165) is 57.0 Å². The van der Waals surface area contributed by atoms with Crippen molar-refractivity contribution in [1.29, 1.82) is 0 Å². The van der Waals surface area contributed by atoms with Crippen LogP contribution in [0.25, 0.3) is 22.3 Å². The van der Waals surface area contributed by atoms with Gasteiger partial charge >= 0.3 is 0 Å². The molecule has 0 unspecified atom stereocenters. The van der Waals surface area contributed by atoms with Crippen molar-refractivity contribution in [2.24, 2.45) is 0 Å². The number of para-hydroxylation sites is 1. The minimum absolute atomic E-state index is 0.267. The van der Waals surface area contributed by atoms with Gasteiger partial charge in [-0.25, -0.2) is 9.97 Å². The van der Waals surface area contributed by atoms with Crippen LogP contribution in [0.1, 0.15) is 12.8 Å². The zero-order valence-corrected chi connectivity index (χ0v) is 17.1. The van der Waals surface area contributed by atoms with Crippen LogP contribution in [0, 0.1) is 0 Å². The van der Waals surface area contributed by atoms with Gasteiger partial charge in [-0.3, -0.25) is 4.98 Å². The molecule has 0 amide bonds. The molecule has 4 aromatic rings. The molecule has 0 spiro atoms. The number of pyridine rings is 1. The number of hydrogen-bond acceptors (Lipinski definition) is 9. The van der Waals surface area contributed by atoms with E-state index in [1.807, 2.05) is 36.4 Å². The molecular weight excluding hydrogens is 404 g/mol. The third-order valence-corrected chi connectivity index (χ3v) is 6.52. The van der Waals surface area contributed by atoms with Gasteiger partial charge in [0.1, 0.15) is 5.03 Å². The summed E-state index contributed by atoms with van der Waals surface area (Å²) in [6.07, 6.45) is 6.01. The Morgan fingerprint density at radius 2 is 2.10 bits per heavy atom. The molecule has 0 radical (unpaired) electrons. The Balaban J connectivity index is 1.41. The van der Waals surface area contributed by atoms with Gasteiger partial charge in [0, 0.05) is 36.5 Å². The van der Waals surface area contributed by atoms with Crippen LogP contribution in [-0.2, 0) is 4.74 Å². The Labute approximate surface area is 176 Å². The number of hydrogen-bond donors (Lipinski definition) is 1. The van der Waals surface area contributed by atoms with Crippen LogP contribution in [0.5, 0.6) is 0 Å². The number of anilines is 1. The molecule has 0 bridgehead atoms. The predicted molar refractivity (Wildman–Crippen MR) is 114 cm³/mol. The molecule has 0 aliphatic carbocycles. The van der Waals surface area contributed by atoms with Crippen molar-refractivity contribution in [3.05, 3.63) is 48.8 Å². The standard InChI is InChI=1S/C20H18N6OS2/c1-2-8-16-15(7-1)18(24-17(23-16)13-5-3-9-21-11-13)28-20-26-25-19(29-20)22-12-14-6-4-10-27-14/h1-3,5,7-9,11,14H,4,6,10,12H2,(H,22,25)/t14-/m0/s1. The predicted octanol–water partition coefficient (Wildman–Crippen LogP) is 4.29. The van der Waals surface area contributed by atoms with Crippen molar-refractivity contribution in [2.75, 3.05) is 18.5 Å². The van der Waals surface area contributed by atoms with Crippen LogP contribution in [-0.4, -0.2) is 44.4 Å². The summed E-state index contributed by atoms with van der Waals surface area (Å²) in [4.78, 5) is 13.7. The second-order valence-corrected chi connectivity index (χ2v) is 8.82. The number of aromatic nitrogens is 5. The average molecular weight is 423 g/mol. The molecule has 146 valence electrons. The van der Waals surface area contributed by atoms with E-state index in [2.05, 4.69) is 20.5 Å². The number of nitrogens with zero attached hydrogens (tertiary/aromatic N) is 5. The molecule has 1 aliphatic rings. The molecule has 1 aromatic carbocycles. The van der Waals surface area contributed by atoms with E-state index in [9.17, 15) is 0 Å². The lowest BCUT2D eigenvalue weighted by Gasteiger charge is -2.08. The lowest BCUT2D eigenvalue weighted by atomic mass is 10.2. The summed E-state index contributed by atoms with van der Waals surface area (Å²) in [5.74, 6) is 0.653. The van der Waals surface area contributed by atoms with Crippen LogP contribution < -0.4 is 5.32 Å². The van der Waals surface area contributed by atoms with Gasteiger partial charge in [-0.1, -0.05) is 29.5 Å². The third kappa shape index (κ3) is 4.21. The average Bonchev–Trinajstić information content (AvgIpc) is 3.45. The van der Waals surface area contributed by atoms with Gasteiger partial charge in [0.2, 0.25) is 5.13 Å². The van der Waals surface area contributed by atoms with Crippen LogP contribution in [0.15, 0.2) is 58.2 Å². The van der Waals surface area contributed by atoms with E-state index < -0.39 is 0 Å². The Morgan fingerprint density at radius 3 is 2.97 bits per heavy atom. The zero-order valence-electron chi connectivity index (χ0n) is 15.5. The maximum atomic E-state index is 5.65. The maximum Gasteiger partial charge on any atom is 0.206 e. The Hall–Kier alpha value is -2.62. The highest BCUT2D eigenvalue weighted by Crippen LogP contribution is 2.35. The maximum absolute atomic E-state index is 5.65. The van der Waals surface area contributed by atoms with Gasteiger partial charge in [-0.05, 0) is 42.8 Å². The summed E-state index contributed by atoms with van der Waals surface area (Å²) in [6.45, 7) is 1.62. The topological polar surface area (TPSA) is 85.7 Å². The number of benzene rings is 1. The fourth-order valence-electron chi connectivity index (χ4n) is 3.16. The van der Waals surface area contributed by atoms with Crippen molar-refractivity contribution < 1.29 is 4.74 Å². The minimum atomic E-state index is 0.267. The highest BCUT2D eigenvalue weighted by atomic mass is 32.2. The lowest BCUT2D eigenvalue weighted by molar-refractivity contribution is 0.120. The first-order chi connectivity index (χ1) is 14.3. The molecule has 1 saturated heterocycles. The van der Waals surface area contributed by atoms with E-state index in [1.165, 1.54) is 23.1 Å². The Morgan fingerprint density at radius 1 is 1.14 bits per heavy atom. The van der Waals surface area contributed by atoms with E-state index in [1.54, 1.807) is 12.4 Å². The number of fused-ring (bicyclic) bond motifs is 1. The van der Waals surface area contributed by atoms with Gasteiger partial charge < -0.3 is 10.1 Å². The zero-order chi connectivity index (χ0) is 19.5. The summed E-state index contributed by atoms with van der Waals surface area (Å²) >= 11 is 3.03. The van der Waals surface area contributed by atoms with Crippen LogP contribution in [0.3, 0.4) is 0 Å². The van der Waals surface area contributed by atoms with Gasteiger partial charge in [0.15, 0.2) is 10.2 Å². The minimum Gasteiger partial charge on any atom is -0.376 e. The van der Waals surface area contributed by atoms with E-state index in [0.29, 0.717) is 5.82 Å². The fourth-order valence-corrected chi connectivity index (χ4v) is 4.95. The van der Waals surface area contributed by atoms with Gasteiger partial charge in [-0.15, -0.1) is 10.2 Å². The van der Waals surface area contributed by atoms with Crippen molar-refractivity contribution in [1.82, 2.24) is 25.1 Å². The van der Waals surface area contributed by atoms with Gasteiger partial charge in [0.25, 0.3) is 0 Å². The molecule has 1 aliphatic heterocycles. The molecule has 29 heavy (non-hydrogen) atoms. The summed E-state index contributed by atoms with van der Waals surface area (Å²) in [5.41, 5.74) is 1.78. The van der Waals surface area contributed by atoms with Crippen molar-refractivity contribution >= 4 is 39.1 Å². The third-order valence-electron chi connectivity index (χ3n) is 4.58. The molecular formula is C20H18N6OS2. The normalized spacial score (nSPS) is 16.3. The SMILES string of the molecule is c1cncc(-c2nc(Sc3nnc(NC[C@@H]4CCCO4)s3)c3ccccc3n2)c1. The van der Waals surface area contributed by atoms with Crippen molar-refractivity contribution in [3.8, 4) is 11.4 Å². The monoisotopic (exact) mass is 422 g/mol. The number of rotatable bonds is 6. The van der Waals surface area contributed by atoms with Gasteiger partial charge in [0.05, 0.1) is 11.6 Å². The summed E-state index contributed by atoms with van der Waals surface area (Å²) < 4.78 is 6.48. The van der Waals surface area contributed by atoms with Crippen LogP contribution in [0.4, 0.5) is 5.13 Å². The van der Waals surface area contributed by atoms with Crippen LogP contribution >= 0.6 is 23.1 Å². The molecule has 1 N–H and O–H groups in total. The Bertz CT molecular complexity index is 1110. The molecule has 1 atom stereocenters. The Kier molecular flexibility index (Phi) is 5.33. The molecule has 3 aromatic heterocycles. The summed E-state index contributed by atoms with van der Waals surface area (Å²) in [7, 11) is 0. The molecule has 5 rings (SSSR count). The number of ether oxygens (including phenoxy) is 1. The lowest BCUT2D eigenvalue weighted by Crippen LogP contribution is -2.18. The first-order valence-corrected chi connectivity index (χ1v) is 11.0. The first kappa shape index (κ1) is 18.4. The second-order valence-electron chi connectivity index (χ2n) is 6.60. The summed E-state index contributed by atoms with van der Waals surface area (Å²) in [6, 6.07) is 11.8. The molecule has 7 nitrogen and oxygen atoms in total.